The van der Waals surface area contributed by atoms with Crippen LogP contribution >= 0.6 is 24.0 Å². The van der Waals surface area contributed by atoms with E-state index in [1.54, 1.807) is 0 Å². The molecule has 8 nitrogen and oxygen atoms in total. The number of thiocarbonyl (C=S) groups is 1. The highest BCUT2D eigenvalue weighted by atomic mass is 32.2. The van der Waals surface area contributed by atoms with Gasteiger partial charge in [-0.05, 0) is 24.1 Å². The first-order chi connectivity index (χ1) is 13.0. The maximum Gasteiger partial charge on any atom is 0.345 e. The number of carbonyl (C=O) groups excluding carboxylic acids is 4. The molecule has 10 heteroatoms. The van der Waals surface area contributed by atoms with E-state index in [4.69, 9.17) is 26.4 Å². The Morgan fingerprint density at radius 2 is 1.64 bits per heavy atom. The number of carbonyl (C=O) groups is 4. The minimum absolute atomic E-state index is 0.0954. The molecule has 0 aromatic carbocycles. The van der Waals surface area contributed by atoms with Crippen LogP contribution in [-0.2, 0) is 33.4 Å². The van der Waals surface area contributed by atoms with Gasteiger partial charge in [-0.3, -0.25) is 9.59 Å². The minimum Gasteiger partial charge on any atom is -0.478 e. The molecule has 0 aromatic rings. The van der Waals surface area contributed by atoms with Gasteiger partial charge in [-0.1, -0.05) is 40.5 Å². The van der Waals surface area contributed by atoms with Gasteiger partial charge >= 0.3 is 17.8 Å². The van der Waals surface area contributed by atoms with Gasteiger partial charge in [0.1, 0.15) is 0 Å². The van der Waals surface area contributed by atoms with Crippen molar-refractivity contribution in [2.75, 3.05) is 20.8 Å². The van der Waals surface area contributed by atoms with Gasteiger partial charge in [0.2, 0.25) is 4.38 Å². The lowest BCUT2D eigenvalue weighted by Gasteiger charge is -2.18. The van der Waals surface area contributed by atoms with Crippen LogP contribution in [0.2, 0.25) is 0 Å². The van der Waals surface area contributed by atoms with Crippen LogP contribution in [0.15, 0.2) is 0 Å². The van der Waals surface area contributed by atoms with E-state index in [-0.39, 0.29) is 16.4 Å². The summed E-state index contributed by atoms with van der Waals surface area (Å²) in [7, 11) is 2.22. The average Bonchev–Trinajstić information content (AvgIpc) is 3.31. The van der Waals surface area contributed by atoms with Crippen LogP contribution in [0.4, 0.5) is 0 Å². The first-order valence-electron chi connectivity index (χ1n) is 8.86. The van der Waals surface area contributed by atoms with Crippen LogP contribution in [0.5, 0.6) is 0 Å². The minimum atomic E-state index is -1.93. The lowest BCUT2D eigenvalue weighted by molar-refractivity contribution is -0.160. The molecule has 1 fully saturated rings. The molecular formula is C18H27NO7S2. The molecule has 0 saturated carbocycles. The SMILES string of the molecule is CCCCC1N(C(=O)C(=O)SC(=S)OCC(C)(C)C)C1(C(=O)OC)C(=O)OC. The van der Waals surface area contributed by atoms with Crippen molar-refractivity contribution >= 4 is 51.3 Å². The van der Waals surface area contributed by atoms with Gasteiger partial charge in [-0.15, -0.1) is 0 Å². The highest BCUT2D eigenvalue weighted by Gasteiger charge is 2.77. The van der Waals surface area contributed by atoms with Gasteiger partial charge in [-0.25, -0.2) is 9.59 Å². The third-order valence-electron chi connectivity index (χ3n) is 4.12. The summed E-state index contributed by atoms with van der Waals surface area (Å²) < 4.78 is 14.7. The standard InChI is InChI=1S/C18H27NO7S2/c1-7-8-9-11-18(14(22)24-5,15(23)25-6)19(11)12(20)13(21)28-16(27)26-10-17(2,3)4/h11H,7-10H2,1-6H3. The molecule has 1 heterocycles. The monoisotopic (exact) mass is 433 g/mol. The van der Waals surface area contributed by atoms with Crippen molar-refractivity contribution in [2.24, 2.45) is 5.41 Å². The first kappa shape index (κ1) is 24.4. The number of unbranched alkanes of at least 4 members (excludes halogenated alkanes) is 1. The van der Waals surface area contributed by atoms with E-state index in [0.29, 0.717) is 24.6 Å². The number of ether oxygens (including phenoxy) is 3. The molecule has 1 rings (SSSR count). The van der Waals surface area contributed by atoms with Gasteiger partial charge in [0.15, 0.2) is 0 Å². The maximum absolute atomic E-state index is 12.7. The van der Waals surface area contributed by atoms with Crippen molar-refractivity contribution < 1.29 is 33.4 Å². The Balaban J connectivity index is 2.98. The Morgan fingerprint density at radius 1 is 1.11 bits per heavy atom. The number of hydrogen-bond donors (Lipinski definition) is 0. The molecule has 1 atom stereocenters. The van der Waals surface area contributed by atoms with Crippen LogP contribution in [0, 0.1) is 5.41 Å². The van der Waals surface area contributed by atoms with Gasteiger partial charge < -0.3 is 19.1 Å². The normalized spacial score (nSPS) is 17.5. The summed E-state index contributed by atoms with van der Waals surface area (Å²) in [5.41, 5.74) is -2.10. The Labute approximate surface area is 174 Å². The largest absolute Gasteiger partial charge is 0.478 e. The number of nitrogens with zero attached hydrogens (tertiary/aromatic N) is 1. The molecule has 158 valence electrons. The number of esters is 2. The van der Waals surface area contributed by atoms with Crippen molar-refractivity contribution in [3.63, 3.8) is 0 Å². The smallest absolute Gasteiger partial charge is 0.345 e. The summed E-state index contributed by atoms with van der Waals surface area (Å²) in [6.45, 7) is 8.00. The van der Waals surface area contributed by atoms with Crippen LogP contribution in [0.1, 0.15) is 47.0 Å². The number of hydrogen-bond acceptors (Lipinski definition) is 9. The molecular weight excluding hydrogens is 406 g/mol. The van der Waals surface area contributed by atoms with Gasteiger partial charge in [0.05, 0.1) is 26.9 Å². The molecule has 0 radical (unpaired) electrons. The van der Waals surface area contributed by atoms with Crippen molar-refractivity contribution in [3.8, 4) is 0 Å². The van der Waals surface area contributed by atoms with E-state index in [1.165, 1.54) is 0 Å². The van der Waals surface area contributed by atoms with E-state index in [2.05, 4.69) is 0 Å². The van der Waals surface area contributed by atoms with E-state index < -0.39 is 34.5 Å². The Hall–Kier alpha value is -1.68. The third kappa shape index (κ3) is 5.22. The Morgan fingerprint density at radius 3 is 2.07 bits per heavy atom. The van der Waals surface area contributed by atoms with E-state index in [1.807, 2.05) is 27.7 Å². The second-order valence-corrected chi connectivity index (χ2v) is 9.15. The topological polar surface area (TPSA) is 99.0 Å². The molecule has 0 bridgehead atoms. The fourth-order valence-corrected chi connectivity index (χ4v) is 3.51. The zero-order chi connectivity index (χ0) is 21.7. The lowest BCUT2D eigenvalue weighted by Crippen LogP contribution is -2.43. The van der Waals surface area contributed by atoms with Crippen molar-refractivity contribution in [2.45, 2.75) is 58.5 Å². The zero-order valence-electron chi connectivity index (χ0n) is 17.0. The third-order valence-corrected chi connectivity index (χ3v) is 5.14. The number of thioether (sulfide) groups is 1. The zero-order valence-corrected chi connectivity index (χ0v) is 18.7. The molecule has 0 spiro atoms. The van der Waals surface area contributed by atoms with Crippen molar-refractivity contribution in [1.29, 1.82) is 0 Å². The second kappa shape index (κ2) is 9.69. The predicted molar refractivity (Wildman–Crippen MR) is 108 cm³/mol. The van der Waals surface area contributed by atoms with E-state index in [9.17, 15) is 19.2 Å². The molecule has 28 heavy (non-hydrogen) atoms. The van der Waals surface area contributed by atoms with Gasteiger partial charge in [0.25, 0.3) is 10.7 Å². The van der Waals surface area contributed by atoms with Crippen LogP contribution in [0.3, 0.4) is 0 Å². The Kier molecular flexibility index (Phi) is 8.43. The molecule has 1 saturated heterocycles. The summed E-state index contributed by atoms with van der Waals surface area (Å²) >= 11 is 5.45. The molecule has 1 amide bonds. The molecule has 1 aliphatic rings. The highest BCUT2D eigenvalue weighted by molar-refractivity contribution is 8.33. The van der Waals surface area contributed by atoms with Crippen LogP contribution in [0.25, 0.3) is 0 Å². The number of amides is 1. The molecule has 0 N–H and O–H groups in total. The Bertz CT molecular complexity index is 641. The molecule has 0 aliphatic carbocycles. The average molecular weight is 434 g/mol. The van der Waals surface area contributed by atoms with Gasteiger partial charge in [-0.2, -0.15) is 0 Å². The first-order valence-corrected chi connectivity index (χ1v) is 10.1. The van der Waals surface area contributed by atoms with E-state index in [0.717, 1.165) is 25.5 Å². The summed E-state index contributed by atoms with van der Waals surface area (Å²) in [4.78, 5) is 50.7. The summed E-state index contributed by atoms with van der Waals surface area (Å²) in [5, 5.41) is -0.935. The second-order valence-electron chi connectivity index (χ2n) is 7.57. The fraction of sp³-hybridized carbons (Fsp3) is 0.722. The fourth-order valence-electron chi connectivity index (χ4n) is 2.77. The number of rotatable bonds is 6. The van der Waals surface area contributed by atoms with Gasteiger partial charge in [0, 0.05) is 11.8 Å². The quantitative estimate of drug-likeness (QED) is 0.205. The summed E-state index contributed by atoms with van der Waals surface area (Å²) in [6, 6.07) is -0.798. The summed E-state index contributed by atoms with van der Waals surface area (Å²) in [5.74, 6) is -2.88. The van der Waals surface area contributed by atoms with Crippen LogP contribution in [-0.4, -0.2) is 64.7 Å². The van der Waals surface area contributed by atoms with Crippen LogP contribution < -0.4 is 0 Å². The molecule has 1 unspecified atom stereocenters. The lowest BCUT2D eigenvalue weighted by atomic mass is 9.99. The highest BCUT2D eigenvalue weighted by Crippen LogP contribution is 2.47. The maximum atomic E-state index is 12.7. The summed E-state index contributed by atoms with van der Waals surface area (Å²) in [6.07, 6.45) is 1.79. The predicted octanol–water partition coefficient (Wildman–Crippen LogP) is 2.08. The molecule has 1 aliphatic heterocycles. The van der Waals surface area contributed by atoms with Crippen molar-refractivity contribution in [1.82, 2.24) is 4.90 Å². The molecule has 0 aromatic heterocycles. The number of methoxy groups -OCH3 is 2. The van der Waals surface area contributed by atoms with Crippen molar-refractivity contribution in [3.05, 3.63) is 0 Å². The van der Waals surface area contributed by atoms with E-state index >= 15 is 0 Å².